The van der Waals surface area contributed by atoms with Gasteiger partial charge in [0.2, 0.25) is 0 Å². The Kier molecular flexibility index (Phi) is 4.05. The van der Waals surface area contributed by atoms with Crippen LogP contribution in [-0.2, 0) is 16.0 Å². The Morgan fingerprint density at radius 2 is 1.92 bits per heavy atom. The molecule has 0 spiro atoms. The number of aryl methyl sites for hydroxylation is 1. The highest BCUT2D eigenvalue weighted by Crippen LogP contribution is 2.59. The highest BCUT2D eigenvalue weighted by atomic mass is 16.5. The zero-order valence-electron chi connectivity index (χ0n) is 16.4. The summed E-state index contributed by atoms with van der Waals surface area (Å²) in [5.41, 5.74) is 2.20. The summed E-state index contributed by atoms with van der Waals surface area (Å²) in [6.45, 7) is 7.84. The zero-order valence-corrected chi connectivity index (χ0v) is 16.4. The van der Waals surface area contributed by atoms with E-state index in [-0.39, 0.29) is 11.4 Å². The zero-order chi connectivity index (χ0) is 18.7. The second-order valence-electron chi connectivity index (χ2n) is 9.83. The molecular formula is C23H30O3. The van der Waals surface area contributed by atoms with E-state index in [1.165, 1.54) is 11.1 Å². The second-order valence-corrected chi connectivity index (χ2v) is 9.83. The van der Waals surface area contributed by atoms with E-state index >= 15 is 0 Å². The van der Waals surface area contributed by atoms with Crippen molar-refractivity contribution < 1.29 is 14.3 Å². The highest BCUT2D eigenvalue weighted by Gasteiger charge is 2.54. The summed E-state index contributed by atoms with van der Waals surface area (Å²) in [6, 6.07) is 6.21. The quantitative estimate of drug-likeness (QED) is 0.523. The normalized spacial score (nSPS) is 33.2. The molecular weight excluding hydrogens is 324 g/mol. The Labute approximate surface area is 156 Å². The van der Waals surface area contributed by atoms with Crippen LogP contribution < -0.4 is 4.74 Å². The molecule has 3 aliphatic rings. The van der Waals surface area contributed by atoms with Crippen molar-refractivity contribution in [3.05, 3.63) is 29.3 Å². The van der Waals surface area contributed by atoms with Crippen molar-refractivity contribution in [1.29, 1.82) is 0 Å². The average Bonchev–Trinajstić information content (AvgIpc) is 2.89. The number of carbonyl (C=O) groups excluding carboxylic acids is 2. The molecule has 4 atom stereocenters. The lowest BCUT2D eigenvalue weighted by Gasteiger charge is -2.48. The van der Waals surface area contributed by atoms with E-state index in [0.29, 0.717) is 29.3 Å². The van der Waals surface area contributed by atoms with Gasteiger partial charge in [-0.3, -0.25) is 9.59 Å². The highest BCUT2D eigenvalue weighted by molar-refractivity contribution is 5.87. The predicted molar refractivity (Wildman–Crippen MR) is 101 cm³/mol. The maximum absolute atomic E-state index is 12.4. The molecule has 4 rings (SSSR count). The molecule has 3 heteroatoms. The molecule has 1 aromatic rings. The van der Waals surface area contributed by atoms with Crippen LogP contribution in [0, 0.1) is 22.7 Å². The molecule has 0 unspecified atom stereocenters. The third-order valence-corrected chi connectivity index (χ3v) is 7.23. The largest absolute Gasteiger partial charge is 0.426 e. The molecule has 2 fully saturated rings. The number of carbonyl (C=O) groups is 2. The first-order chi connectivity index (χ1) is 12.2. The lowest BCUT2D eigenvalue weighted by Crippen LogP contribution is -2.42. The van der Waals surface area contributed by atoms with Gasteiger partial charge in [-0.05, 0) is 93.9 Å². The van der Waals surface area contributed by atoms with E-state index < -0.39 is 5.41 Å². The van der Waals surface area contributed by atoms with Gasteiger partial charge in [0.1, 0.15) is 11.5 Å². The minimum Gasteiger partial charge on any atom is -0.426 e. The molecule has 0 N–H and O–H groups in total. The lowest BCUT2D eigenvalue weighted by atomic mass is 9.55. The van der Waals surface area contributed by atoms with Gasteiger partial charge in [-0.2, -0.15) is 0 Å². The fraction of sp³-hybridized carbons (Fsp3) is 0.652. The van der Waals surface area contributed by atoms with E-state index in [0.717, 1.165) is 38.5 Å². The van der Waals surface area contributed by atoms with Crippen molar-refractivity contribution in [2.24, 2.45) is 22.7 Å². The van der Waals surface area contributed by atoms with Crippen LogP contribution in [0.15, 0.2) is 18.2 Å². The van der Waals surface area contributed by atoms with Crippen molar-refractivity contribution in [1.82, 2.24) is 0 Å². The minimum atomic E-state index is -0.496. The fourth-order valence-electron chi connectivity index (χ4n) is 5.65. The Balaban J connectivity index is 1.58. The van der Waals surface area contributed by atoms with E-state index in [1.807, 2.05) is 26.8 Å². The maximum Gasteiger partial charge on any atom is 0.316 e. The number of hydrogen-bond acceptors (Lipinski definition) is 3. The third-order valence-electron chi connectivity index (χ3n) is 7.23. The van der Waals surface area contributed by atoms with Crippen LogP contribution in [0.4, 0.5) is 0 Å². The predicted octanol–water partition coefficient (Wildman–Crippen LogP) is 5.06. The number of Topliss-reactive ketones (excluding diaryl/α,β-unsaturated/α-hetero) is 1. The Hall–Kier alpha value is -1.64. The Morgan fingerprint density at radius 3 is 2.65 bits per heavy atom. The van der Waals surface area contributed by atoms with E-state index in [9.17, 15) is 9.59 Å². The van der Waals surface area contributed by atoms with Crippen LogP contribution in [0.25, 0.3) is 0 Å². The summed E-state index contributed by atoms with van der Waals surface area (Å²) >= 11 is 0. The third kappa shape index (κ3) is 2.71. The lowest BCUT2D eigenvalue weighted by molar-refractivity contribution is -0.143. The van der Waals surface area contributed by atoms with Crippen LogP contribution >= 0.6 is 0 Å². The number of ether oxygens (including phenoxy) is 1. The molecule has 0 heterocycles. The van der Waals surface area contributed by atoms with Crippen LogP contribution in [0.3, 0.4) is 0 Å². The molecule has 0 saturated heterocycles. The number of ketones is 1. The van der Waals surface area contributed by atoms with Gasteiger partial charge >= 0.3 is 5.97 Å². The van der Waals surface area contributed by atoms with Gasteiger partial charge in [-0.25, -0.2) is 0 Å². The van der Waals surface area contributed by atoms with Crippen LogP contribution in [0.2, 0.25) is 0 Å². The first kappa shape index (κ1) is 17.8. The summed E-state index contributed by atoms with van der Waals surface area (Å²) in [7, 11) is 0. The molecule has 140 valence electrons. The maximum atomic E-state index is 12.4. The number of hydrogen-bond donors (Lipinski definition) is 0. The van der Waals surface area contributed by atoms with Crippen LogP contribution in [0.1, 0.15) is 76.8 Å². The molecule has 3 nitrogen and oxygen atoms in total. The molecule has 0 aromatic heterocycles. The number of benzene rings is 1. The summed E-state index contributed by atoms with van der Waals surface area (Å²) in [4.78, 5) is 24.6. The van der Waals surface area contributed by atoms with Crippen molar-refractivity contribution in [2.75, 3.05) is 0 Å². The fourth-order valence-corrected chi connectivity index (χ4v) is 5.65. The molecule has 3 aliphatic carbocycles. The molecule has 26 heavy (non-hydrogen) atoms. The molecule has 0 amide bonds. The average molecular weight is 354 g/mol. The number of fused-ring (bicyclic) bond motifs is 5. The first-order valence-electron chi connectivity index (χ1n) is 10.1. The smallest absolute Gasteiger partial charge is 0.316 e. The van der Waals surface area contributed by atoms with E-state index in [4.69, 9.17) is 4.74 Å². The monoisotopic (exact) mass is 354 g/mol. The van der Waals surface area contributed by atoms with Gasteiger partial charge in [-0.15, -0.1) is 0 Å². The Bertz CT molecular complexity index is 757. The summed E-state index contributed by atoms with van der Waals surface area (Å²) < 4.78 is 5.60. The standard InChI is InChI=1S/C23H30O3/c1-22(2,3)21(25)26-15-6-8-16-14(13-15)5-7-18-17(16)11-12-23(4)19(18)9-10-20(23)24/h6,8,13,17-19H,5,7,9-12H2,1-4H3/t17-,18+,19+,23-/m1/s1. The summed E-state index contributed by atoms with van der Waals surface area (Å²) in [5.74, 6) is 2.73. The molecule has 0 radical (unpaired) electrons. The molecule has 0 aliphatic heterocycles. The first-order valence-corrected chi connectivity index (χ1v) is 10.1. The van der Waals surface area contributed by atoms with Gasteiger partial charge in [-0.1, -0.05) is 13.0 Å². The number of esters is 1. The molecule has 1 aromatic carbocycles. The van der Waals surface area contributed by atoms with Gasteiger partial charge in [0.15, 0.2) is 0 Å². The summed E-state index contributed by atoms with van der Waals surface area (Å²) in [6.07, 6.45) is 6.17. The SMILES string of the molecule is CC(C)(C)C(=O)Oc1ccc2c(c1)CC[C@H]1[C@@H]2CC[C@@]2(C)C(=O)CC[C@@H]12. The van der Waals surface area contributed by atoms with Gasteiger partial charge < -0.3 is 4.74 Å². The van der Waals surface area contributed by atoms with E-state index in [1.54, 1.807) is 0 Å². The van der Waals surface area contributed by atoms with Crippen LogP contribution in [-0.4, -0.2) is 11.8 Å². The van der Waals surface area contributed by atoms with Crippen molar-refractivity contribution in [3.8, 4) is 5.75 Å². The van der Waals surface area contributed by atoms with Crippen molar-refractivity contribution >= 4 is 11.8 Å². The summed E-state index contributed by atoms with van der Waals surface area (Å²) in [5, 5.41) is 0. The Morgan fingerprint density at radius 1 is 1.15 bits per heavy atom. The topological polar surface area (TPSA) is 43.4 Å². The second kappa shape index (κ2) is 5.94. The molecule has 2 saturated carbocycles. The van der Waals surface area contributed by atoms with Gasteiger partial charge in [0.25, 0.3) is 0 Å². The minimum absolute atomic E-state index is 0.0686. The van der Waals surface area contributed by atoms with Crippen molar-refractivity contribution in [2.45, 2.75) is 72.1 Å². The van der Waals surface area contributed by atoms with Gasteiger partial charge in [0, 0.05) is 11.8 Å². The van der Waals surface area contributed by atoms with Crippen LogP contribution in [0.5, 0.6) is 5.75 Å². The van der Waals surface area contributed by atoms with Crippen molar-refractivity contribution in [3.63, 3.8) is 0 Å². The number of rotatable bonds is 1. The van der Waals surface area contributed by atoms with E-state index in [2.05, 4.69) is 19.1 Å². The molecule has 0 bridgehead atoms. The van der Waals surface area contributed by atoms with Gasteiger partial charge in [0.05, 0.1) is 5.41 Å².